The number of carbonyl (C=O) groups excluding carboxylic acids is 1. The first-order valence-electron chi connectivity index (χ1n) is 7.78. The largest absolute Gasteiger partial charge is 0.387 e. The summed E-state index contributed by atoms with van der Waals surface area (Å²) >= 11 is 0. The van der Waals surface area contributed by atoms with Crippen molar-refractivity contribution >= 4 is 11.6 Å². The van der Waals surface area contributed by atoms with Gasteiger partial charge < -0.3 is 14.9 Å². The maximum absolute atomic E-state index is 12.7. The lowest BCUT2D eigenvalue weighted by Crippen LogP contribution is -2.43. The zero-order valence-electron chi connectivity index (χ0n) is 14.1. The van der Waals surface area contributed by atoms with Crippen LogP contribution in [0.1, 0.15) is 28.3 Å². The number of hydrogen-bond acceptors (Lipinski definition) is 5. The molecule has 7 nitrogen and oxygen atoms in total. The monoisotopic (exact) mass is 317 g/mol. The molecule has 2 aromatic heterocycles. The molecule has 0 aromatic carbocycles. The van der Waals surface area contributed by atoms with Gasteiger partial charge in [-0.1, -0.05) is 0 Å². The van der Waals surface area contributed by atoms with Crippen LogP contribution in [0.3, 0.4) is 0 Å². The first kappa shape index (κ1) is 15.9. The molecule has 0 saturated carbocycles. The zero-order valence-corrected chi connectivity index (χ0v) is 14.1. The fourth-order valence-electron chi connectivity index (χ4n) is 3.30. The van der Waals surface area contributed by atoms with Crippen molar-refractivity contribution < 1.29 is 9.90 Å². The molecule has 1 saturated heterocycles. The molecule has 3 heterocycles. The van der Waals surface area contributed by atoms with Crippen LogP contribution in [0, 0.1) is 13.8 Å². The van der Waals surface area contributed by atoms with E-state index in [-0.39, 0.29) is 5.91 Å². The highest BCUT2D eigenvalue weighted by Crippen LogP contribution is 2.23. The molecule has 1 atom stereocenters. The number of hydrogen-bond donors (Lipinski definition) is 1. The van der Waals surface area contributed by atoms with Gasteiger partial charge in [0, 0.05) is 30.5 Å². The van der Waals surface area contributed by atoms with Crippen molar-refractivity contribution in [3.63, 3.8) is 0 Å². The van der Waals surface area contributed by atoms with Crippen molar-refractivity contribution in [3.8, 4) is 0 Å². The first-order chi connectivity index (χ1) is 10.8. The van der Waals surface area contributed by atoms with Gasteiger partial charge in [0.05, 0.1) is 12.1 Å². The number of amides is 1. The molecule has 0 aliphatic carbocycles. The van der Waals surface area contributed by atoms with Crippen LogP contribution in [-0.4, -0.2) is 74.7 Å². The lowest BCUT2D eigenvalue weighted by Gasteiger charge is -2.26. The summed E-state index contributed by atoms with van der Waals surface area (Å²) in [5, 5.41) is 15.0. The molecule has 0 radical (unpaired) electrons. The van der Waals surface area contributed by atoms with Crippen LogP contribution >= 0.6 is 0 Å². The van der Waals surface area contributed by atoms with Crippen LogP contribution in [0.4, 0.5) is 0 Å². The molecular weight excluding hydrogens is 294 g/mol. The maximum Gasteiger partial charge on any atom is 0.274 e. The van der Waals surface area contributed by atoms with Crippen LogP contribution in [0.25, 0.3) is 5.65 Å². The van der Waals surface area contributed by atoms with Gasteiger partial charge in [0.15, 0.2) is 11.3 Å². The summed E-state index contributed by atoms with van der Waals surface area (Å²) in [6.45, 7) is 5.28. The number of nitrogens with zero attached hydrogens (tertiary/aromatic N) is 5. The molecule has 3 rings (SSSR count). The Hall–Kier alpha value is -1.99. The highest BCUT2D eigenvalue weighted by molar-refractivity contribution is 5.93. The second kappa shape index (κ2) is 5.58. The van der Waals surface area contributed by atoms with Crippen LogP contribution in [-0.2, 0) is 0 Å². The van der Waals surface area contributed by atoms with E-state index in [1.165, 1.54) is 0 Å². The van der Waals surface area contributed by atoms with E-state index in [0.717, 1.165) is 11.4 Å². The van der Waals surface area contributed by atoms with Gasteiger partial charge in [-0.25, -0.2) is 9.50 Å². The lowest BCUT2D eigenvalue weighted by molar-refractivity contribution is 0.0235. The Morgan fingerprint density at radius 1 is 1.39 bits per heavy atom. The summed E-state index contributed by atoms with van der Waals surface area (Å²) in [6, 6.07) is 3.64. The van der Waals surface area contributed by atoms with Gasteiger partial charge in [-0.05, 0) is 40.4 Å². The average molecular weight is 317 g/mol. The van der Waals surface area contributed by atoms with Crippen molar-refractivity contribution in [1.82, 2.24) is 24.4 Å². The van der Waals surface area contributed by atoms with Gasteiger partial charge in [-0.15, -0.1) is 0 Å². The minimum absolute atomic E-state index is 0.151. The Kier molecular flexibility index (Phi) is 3.85. The van der Waals surface area contributed by atoms with E-state index in [1.54, 1.807) is 15.5 Å². The molecule has 1 fully saturated rings. The van der Waals surface area contributed by atoms with E-state index in [9.17, 15) is 9.90 Å². The van der Waals surface area contributed by atoms with Crippen molar-refractivity contribution in [1.29, 1.82) is 0 Å². The summed E-state index contributed by atoms with van der Waals surface area (Å²) in [7, 11) is 3.84. The van der Waals surface area contributed by atoms with E-state index < -0.39 is 5.60 Å². The molecule has 1 amide bonds. The predicted octanol–water partition coefficient (Wildman–Crippen LogP) is 0.485. The molecule has 0 spiro atoms. The van der Waals surface area contributed by atoms with Gasteiger partial charge in [0.25, 0.3) is 5.91 Å². The molecule has 124 valence electrons. The van der Waals surface area contributed by atoms with Gasteiger partial charge in [0.2, 0.25) is 0 Å². The number of likely N-dealkylation sites (tertiary alicyclic amines) is 1. The molecule has 1 aliphatic heterocycles. The minimum atomic E-state index is -0.844. The van der Waals surface area contributed by atoms with E-state index >= 15 is 0 Å². The third kappa shape index (κ3) is 3.07. The number of aliphatic hydroxyl groups is 1. The molecule has 23 heavy (non-hydrogen) atoms. The Balaban J connectivity index is 1.83. The predicted molar refractivity (Wildman–Crippen MR) is 86.5 cm³/mol. The topological polar surface area (TPSA) is 74.0 Å². The summed E-state index contributed by atoms with van der Waals surface area (Å²) in [5.74, 6) is -0.151. The summed E-state index contributed by atoms with van der Waals surface area (Å²) < 4.78 is 1.68. The first-order valence-corrected chi connectivity index (χ1v) is 7.78. The Bertz CT molecular complexity index is 754. The third-order valence-corrected chi connectivity index (χ3v) is 4.18. The number of fused-ring (bicyclic) bond motifs is 1. The Labute approximate surface area is 135 Å². The SMILES string of the molecule is Cc1cc(C)n2nc(C(=O)N3CC[C@](O)(CN(C)C)C3)cc2n1. The molecule has 1 N–H and O–H groups in total. The summed E-state index contributed by atoms with van der Waals surface area (Å²) in [6.07, 6.45) is 0.584. The molecular formula is C16H23N5O2. The highest BCUT2D eigenvalue weighted by atomic mass is 16.3. The molecule has 0 unspecified atom stereocenters. The molecule has 0 bridgehead atoms. The van der Waals surface area contributed by atoms with Crippen LogP contribution < -0.4 is 0 Å². The van der Waals surface area contributed by atoms with Gasteiger partial charge in [0.1, 0.15) is 0 Å². The number of rotatable bonds is 3. The van der Waals surface area contributed by atoms with Crippen molar-refractivity contribution in [2.24, 2.45) is 0 Å². The lowest BCUT2D eigenvalue weighted by atomic mass is 10.0. The van der Waals surface area contributed by atoms with E-state index in [1.807, 2.05) is 38.9 Å². The van der Waals surface area contributed by atoms with E-state index in [0.29, 0.717) is 37.4 Å². The van der Waals surface area contributed by atoms with Crippen molar-refractivity contribution in [3.05, 3.63) is 29.2 Å². The number of aromatic nitrogens is 3. The number of carbonyl (C=O) groups is 1. The van der Waals surface area contributed by atoms with Crippen molar-refractivity contribution in [2.45, 2.75) is 25.9 Å². The Morgan fingerprint density at radius 3 is 2.83 bits per heavy atom. The van der Waals surface area contributed by atoms with E-state index in [2.05, 4.69) is 10.1 Å². The fraction of sp³-hybridized carbons (Fsp3) is 0.562. The zero-order chi connectivity index (χ0) is 16.8. The molecule has 2 aromatic rings. The third-order valence-electron chi connectivity index (χ3n) is 4.18. The molecule has 7 heteroatoms. The second-order valence-electron chi connectivity index (χ2n) is 6.78. The van der Waals surface area contributed by atoms with Gasteiger partial charge in [-0.3, -0.25) is 4.79 Å². The van der Waals surface area contributed by atoms with E-state index in [4.69, 9.17) is 0 Å². The van der Waals surface area contributed by atoms with Crippen LogP contribution in [0.5, 0.6) is 0 Å². The van der Waals surface area contributed by atoms with Gasteiger partial charge >= 0.3 is 0 Å². The average Bonchev–Trinajstić information content (AvgIpc) is 3.01. The number of aryl methyl sites for hydroxylation is 2. The fourth-order valence-corrected chi connectivity index (χ4v) is 3.30. The smallest absolute Gasteiger partial charge is 0.274 e. The van der Waals surface area contributed by atoms with Crippen molar-refractivity contribution in [2.75, 3.05) is 33.7 Å². The highest BCUT2D eigenvalue weighted by Gasteiger charge is 2.39. The summed E-state index contributed by atoms with van der Waals surface area (Å²) in [5.41, 5.74) is 2.05. The Morgan fingerprint density at radius 2 is 2.13 bits per heavy atom. The maximum atomic E-state index is 12.7. The second-order valence-corrected chi connectivity index (χ2v) is 6.78. The molecule has 1 aliphatic rings. The van der Waals surface area contributed by atoms with Gasteiger partial charge in [-0.2, -0.15) is 5.10 Å². The quantitative estimate of drug-likeness (QED) is 0.891. The van der Waals surface area contributed by atoms with Crippen LogP contribution in [0.15, 0.2) is 12.1 Å². The minimum Gasteiger partial charge on any atom is -0.387 e. The number of likely N-dealkylation sites (N-methyl/N-ethyl adjacent to an activating group) is 1. The normalized spacial score (nSPS) is 21.6. The summed E-state index contributed by atoms with van der Waals surface area (Å²) in [4.78, 5) is 20.7. The number of β-amino-alcohol motifs (C(OH)–C–C–N with tert-alkyl or cyclic N) is 1. The van der Waals surface area contributed by atoms with Crippen LogP contribution in [0.2, 0.25) is 0 Å². The standard InChI is InChI=1S/C16H23N5O2/c1-11-7-12(2)21-14(17-11)8-13(18-21)15(22)20-6-5-16(23,10-20)9-19(3)4/h7-8,23H,5-6,9-10H2,1-4H3/t16-/m0/s1.